The number of aromatic nitrogens is 4. The number of nitrogens with zero attached hydrogens (tertiary/aromatic N) is 6. The third-order valence-electron chi connectivity index (χ3n) is 7.33. The number of pyridine rings is 1. The largest absolute Gasteiger partial charge is 0.494 e. The number of nitriles is 1. The lowest BCUT2D eigenvalue weighted by Crippen LogP contribution is -2.42. The van der Waals surface area contributed by atoms with Gasteiger partial charge in [-0.05, 0) is 38.2 Å². The molecule has 1 aliphatic carbocycles. The van der Waals surface area contributed by atoms with Crippen LogP contribution in [0.3, 0.4) is 0 Å². The predicted molar refractivity (Wildman–Crippen MR) is 136 cm³/mol. The van der Waals surface area contributed by atoms with Gasteiger partial charge in [0.1, 0.15) is 22.9 Å². The van der Waals surface area contributed by atoms with Crippen molar-refractivity contribution in [3.05, 3.63) is 48.4 Å². The zero-order valence-electron chi connectivity index (χ0n) is 20.6. The Morgan fingerprint density at radius 1 is 1.19 bits per heavy atom. The molecule has 12 heteroatoms. The number of carbonyl (C=O) groups is 1. The number of sulfonamides is 1. The Kier molecular flexibility index (Phi) is 6.74. The molecule has 37 heavy (non-hydrogen) atoms. The summed E-state index contributed by atoms with van der Waals surface area (Å²) in [5, 5.41) is 19.1. The van der Waals surface area contributed by atoms with Crippen molar-refractivity contribution >= 4 is 21.4 Å². The molecule has 0 aromatic carbocycles. The standard InChI is InChI=1S/C25H29N7O4S/c1-3-37(34,35)29-21-5-4-17(10-21)25(33)30-8-6-22(7-9-30)31-16-20(14-27-31)18-11-23(36-2)24-19(12-26)13-28-32(24)15-18/h3,11,13-17,21-22,29H,1,4-10H2,2H3/t17-,21-/m0/s1. The molecule has 1 saturated carbocycles. The molecule has 3 aromatic heterocycles. The van der Waals surface area contributed by atoms with Crippen molar-refractivity contribution in [1.82, 2.24) is 29.0 Å². The molecule has 194 valence electrons. The monoisotopic (exact) mass is 523 g/mol. The van der Waals surface area contributed by atoms with Crippen LogP contribution in [-0.4, -0.2) is 64.9 Å². The van der Waals surface area contributed by atoms with Gasteiger partial charge in [0, 0.05) is 54.0 Å². The Morgan fingerprint density at radius 2 is 1.97 bits per heavy atom. The lowest BCUT2D eigenvalue weighted by Gasteiger charge is -2.33. The molecule has 1 saturated heterocycles. The topological polar surface area (TPSA) is 135 Å². The highest BCUT2D eigenvalue weighted by molar-refractivity contribution is 7.92. The van der Waals surface area contributed by atoms with Gasteiger partial charge in [-0.25, -0.2) is 17.7 Å². The van der Waals surface area contributed by atoms with Gasteiger partial charge in [0.2, 0.25) is 15.9 Å². The highest BCUT2D eigenvalue weighted by atomic mass is 32.2. The first kappa shape index (κ1) is 25.0. The maximum atomic E-state index is 13.1. The van der Waals surface area contributed by atoms with E-state index in [1.807, 2.05) is 28.0 Å². The van der Waals surface area contributed by atoms with Crippen molar-refractivity contribution in [3.8, 4) is 22.9 Å². The lowest BCUT2D eigenvalue weighted by atomic mass is 10.0. The fourth-order valence-electron chi connectivity index (χ4n) is 5.37. The Morgan fingerprint density at radius 3 is 2.68 bits per heavy atom. The third kappa shape index (κ3) is 4.97. The molecule has 0 bridgehead atoms. The molecule has 0 unspecified atom stereocenters. The first-order valence-electron chi connectivity index (χ1n) is 12.3. The van der Waals surface area contributed by atoms with Crippen LogP contribution in [0.5, 0.6) is 5.75 Å². The minimum atomic E-state index is -3.49. The minimum Gasteiger partial charge on any atom is -0.494 e. The Balaban J connectivity index is 1.22. The van der Waals surface area contributed by atoms with Crippen molar-refractivity contribution in [2.75, 3.05) is 20.2 Å². The molecule has 5 rings (SSSR count). The fourth-order valence-corrected chi connectivity index (χ4v) is 6.14. The molecular weight excluding hydrogens is 494 g/mol. The number of hydrogen-bond acceptors (Lipinski definition) is 7. The van der Waals surface area contributed by atoms with E-state index < -0.39 is 10.0 Å². The van der Waals surface area contributed by atoms with Gasteiger partial charge in [-0.1, -0.05) is 6.58 Å². The van der Waals surface area contributed by atoms with Crippen molar-refractivity contribution < 1.29 is 17.9 Å². The van der Waals surface area contributed by atoms with E-state index in [2.05, 4.69) is 27.6 Å². The number of piperidine rings is 1. The van der Waals surface area contributed by atoms with Crippen molar-refractivity contribution in [2.45, 2.75) is 44.2 Å². The maximum Gasteiger partial charge on any atom is 0.233 e. The fraction of sp³-hybridized carbons (Fsp3) is 0.440. The number of methoxy groups -OCH3 is 1. The summed E-state index contributed by atoms with van der Waals surface area (Å²) in [7, 11) is -1.93. The van der Waals surface area contributed by atoms with E-state index in [4.69, 9.17) is 4.74 Å². The van der Waals surface area contributed by atoms with Crippen LogP contribution >= 0.6 is 0 Å². The number of amides is 1. The van der Waals surface area contributed by atoms with Crippen molar-refractivity contribution in [2.24, 2.45) is 5.92 Å². The van der Waals surface area contributed by atoms with Crippen LogP contribution < -0.4 is 9.46 Å². The number of fused-ring (bicyclic) bond motifs is 1. The zero-order valence-corrected chi connectivity index (χ0v) is 21.4. The number of hydrogen-bond donors (Lipinski definition) is 1. The van der Waals surface area contributed by atoms with Gasteiger partial charge in [0.05, 0.1) is 25.5 Å². The Bertz CT molecular complexity index is 1480. The number of ether oxygens (including phenoxy) is 1. The summed E-state index contributed by atoms with van der Waals surface area (Å²) in [6.45, 7) is 4.61. The van der Waals surface area contributed by atoms with Gasteiger partial charge in [-0.2, -0.15) is 15.5 Å². The Labute approximate surface area is 215 Å². The molecule has 4 heterocycles. The van der Waals surface area contributed by atoms with E-state index in [1.165, 1.54) is 6.20 Å². The summed E-state index contributed by atoms with van der Waals surface area (Å²) < 4.78 is 35.2. The minimum absolute atomic E-state index is 0.108. The molecule has 3 aromatic rings. The van der Waals surface area contributed by atoms with Crippen LogP contribution in [0.25, 0.3) is 16.6 Å². The van der Waals surface area contributed by atoms with Gasteiger partial charge < -0.3 is 9.64 Å². The third-order valence-corrected chi connectivity index (χ3v) is 8.44. The molecule has 0 spiro atoms. The number of carbonyl (C=O) groups excluding carboxylic acids is 1. The molecule has 1 amide bonds. The van der Waals surface area contributed by atoms with Crippen molar-refractivity contribution in [1.29, 1.82) is 5.26 Å². The molecule has 11 nitrogen and oxygen atoms in total. The number of likely N-dealkylation sites (tertiary alicyclic amines) is 1. The van der Waals surface area contributed by atoms with Crippen molar-refractivity contribution in [3.63, 3.8) is 0 Å². The second kappa shape index (κ2) is 9.99. The molecule has 1 N–H and O–H groups in total. The summed E-state index contributed by atoms with van der Waals surface area (Å²) in [5.74, 6) is 0.521. The normalized spacial score (nSPS) is 20.7. The molecular formula is C25H29N7O4S. The van der Waals surface area contributed by atoms with Gasteiger partial charge >= 0.3 is 0 Å². The average Bonchev–Trinajstić information content (AvgIpc) is 3.67. The highest BCUT2D eigenvalue weighted by Gasteiger charge is 2.35. The quantitative estimate of drug-likeness (QED) is 0.503. The van der Waals surface area contributed by atoms with E-state index in [9.17, 15) is 18.5 Å². The van der Waals surface area contributed by atoms with Crippen LogP contribution in [-0.2, 0) is 14.8 Å². The zero-order chi connectivity index (χ0) is 26.2. The van der Waals surface area contributed by atoms with Gasteiger partial charge in [-0.3, -0.25) is 9.48 Å². The SMILES string of the molecule is C=CS(=O)(=O)N[C@H]1CC[C@H](C(=O)N2CCC(n3cc(-c4cc(OC)c5c(C#N)cnn5c4)cn3)CC2)C1. The molecule has 1 aliphatic heterocycles. The van der Waals surface area contributed by atoms with E-state index in [0.717, 1.165) is 29.4 Å². The number of rotatable bonds is 7. The predicted octanol–water partition coefficient (Wildman–Crippen LogP) is 2.47. The van der Waals surface area contributed by atoms with Crippen LogP contribution in [0, 0.1) is 17.2 Å². The highest BCUT2D eigenvalue weighted by Crippen LogP contribution is 2.33. The van der Waals surface area contributed by atoms with Crippen LogP contribution in [0.2, 0.25) is 0 Å². The first-order valence-corrected chi connectivity index (χ1v) is 13.8. The summed E-state index contributed by atoms with van der Waals surface area (Å²) in [6.07, 6.45) is 10.6. The second-order valence-corrected chi connectivity index (χ2v) is 11.2. The maximum absolute atomic E-state index is 13.1. The lowest BCUT2D eigenvalue weighted by molar-refractivity contribution is -0.136. The van der Waals surface area contributed by atoms with E-state index in [-0.39, 0.29) is 23.9 Å². The van der Waals surface area contributed by atoms with Gasteiger partial charge in [0.25, 0.3) is 0 Å². The summed E-state index contributed by atoms with van der Waals surface area (Å²) in [4.78, 5) is 15.0. The van der Waals surface area contributed by atoms with Crippen LogP contribution in [0.1, 0.15) is 43.7 Å². The molecule has 2 fully saturated rings. The summed E-state index contributed by atoms with van der Waals surface area (Å²) >= 11 is 0. The molecule has 2 aliphatic rings. The van der Waals surface area contributed by atoms with Crippen LogP contribution in [0.4, 0.5) is 0 Å². The van der Waals surface area contributed by atoms with Gasteiger partial charge in [-0.15, -0.1) is 0 Å². The smallest absolute Gasteiger partial charge is 0.233 e. The average molecular weight is 524 g/mol. The molecule has 2 atom stereocenters. The van der Waals surface area contributed by atoms with E-state index >= 15 is 0 Å². The first-order chi connectivity index (χ1) is 17.8. The van der Waals surface area contributed by atoms with Crippen LogP contribution in [0.15, 0.2) is 42.8 Å². The summed E-state index contributed by atoms with van der Waals surface area (Å²) in [6, 6.07) is 3.97. The van der Waals surface area contributed by atoms with Gasteiger partial charge in [0.15, 0.2) is 0 Å². The van der Waals surface area contributed by atoms with E-state index in [1.54, 1.807) is 17.8 Å². The molecule has 0 radical (unpaired) electrons. The second-order valence-electron chi connectivity index (χ2n) is 9.56. The van der Waals surface area contributed by atoms with E-state index in [0.29, 0.717) is 49.2 Å². The Hall–Kier alpha value is -3.69. The summed E-state index contributed by atoms with van der Waals surface area (Å²) in [5.41, 5.74) is 2.86. The number of nitrogens with one attached hydrogen (secondary N) is 1.